The Labute approximate surface area is 504 Å². The van der Waals surface area contributed by atoms with Crippen molar-refractivity contribution in [2.45, 2.75) is 126 Å². The first-order valence-corrected chi connectivity index (χ1v) is 30.2. The molecule has 5 rings (SSSR count). The molecule has 0 aromatic heterocycles. The first kappa shape index (κ1) is 68.2. The van der Waals surface area contributed by atoms with Crippen molar-refractivity contribution in [3.63, 3.8) is 0 Å². The number of hydrogen-bond acceptors (Lipinski definition) is 18. The van der Waals surface area contributed by atoms with Gasteiger partial charge >= 0.3 is 0 Å². The summed E-state index contributed by atoms with van der Waals surface area (Å²) in [6, 6.07) is 13.3. The van der Waals surface area contributed by atoms with Crippen LogP contribution >= 0.6 is 33.2 Å². The molecule has 0 spiro atoms. The third-order valence-corrected chi connectivity index (χ3v) is 16.5. The highest BCUT2D eigenvalue weighted by molar-refractivity contribution is 8.76. The number of phenols is 2. The van der Waals surface area contributed by atoms with Crippen LogP contribution in [0.3, 0.4) is 0 Å². The number of Topliss-reactive ketones (excluding diaryl/α,β-unsaturated/α-hetero) is 2. The molecule has 24 nitrogen and oxygen atoms in total. The number of halogens is 1. The monoisotopic (exact) mass is 1230 g/mol. The van der Waals surface area contributed by atoms with Gasteiger partial charge in [-0.25, -0.2) is 0 Å². The molecule has 1 aliphatic rings. The number of aliphatic hydroxyl groups excluding tert-OH is 1. The predicted octanol–water partition coefficient (Wildman–Crippen LogP) is -0.462. The highest BCUT2D eigenvalue weighted by atomic mass is 35.5. The van der Waals surface area contributed by atoms with E-state index in [1.165, 1.54) is 43.3 Å². The molecule has 0 bridgehead atoms. The molecule has 19 N–H and O–H groups in total. The van der Waals surface area contributed by atoms with Crippen LogP contribution in [-0.2, 0) is 80.0 Å². The van der Waals surface area contributed by atoms with Crippen LogP contribution in [0.2, 0.25) is 5.02 Å². The van der Waals surface area contributed by atoms with Gasteiger partial charge in [0.1, 0.15) is 41.7 Å². The van der Waals surface area contributed by atoms with Crippen LogP contribution in [0.1, 0.15) is 66.8 Å². The van der Waals surface area contributed by atoms with Gasteiger partial charge in [0.15, 0.2) is 11.6 Å². The zero-order chi connectivity index (χ0) is 62.3. The minimum absolute atomic E-state index is 0.0322. The van der Waals surface area contributed by atoms with Crippen LogP contribution in [-0.4, -0.2) is 147 Å². The number of ketones is 2. The normalized spacial score (nSPS) is 20.8. The number of aromatic hydroxyl groups is 2. The third kappa shape index (κ3) is 22.7. The van der Waals surface area contributed by atoms with Crippen molar-refractivity contribution in [3.8, 4) is 11.5 Å². The van der Waals surface area contributed by atoms with Crippen LogP contribution < -0.4 is 60.6 Å². The SMILES string of the molecule is C[C@@H](O)[C@@H]1NC(=O)[C@H](CCCCN)NC(=O)[C@@H](Cc2ccc(CC(=O)[C@@H](N)CC(N)=O)cc2)NC(=O)[C@H](Cc2ccc(O)cc2)CC(=O)[C@H](NC(=O)[C@@H](N)Cc2ccc(Cl)cc2)CSSC[C@@H](C(=O)N[C@H](Cc2ccc(O)cc2)C(N)=O)NC1=O. The van der Waals surface area contributed by atoms with Gasteiger partial charge in [-0.1, -0.05) is 93.9 Å². The Morgan fingerprint density at radius 1 is 0.659 bits per heavy atom. The van der Waals surface area contributed by atoms with Gasteiger partial charge in [-0.05, 0) is 110 Å². The summed E-state index contributed by atoms with van der Waals surface area (Å²) in [6.07, 6.45) is -2.58. The van der Waals surface area contributed by atoms with Crippen molar-refractivity contribution >= 4 is 92.0 Å². The third-order valence-electron chi connectivity index (χ3n) is 13.8. The summed E-state index contributed by atoms with van der Waals surface area (Å²) in [4.78, 5) is 139. The van der Waals surface area contributed by atoms with Gasteiger partial charge in [0.25, 0.3) is 0 Å². The van der Waals surface area contributed by atoms with Gasteiger partial charge in [0.2, 0.25) is 47.3 Å². The van der Waals surface area contributed by atoms with Gasteiger partial charge in [0, 0.05) is 54.6 Å². The first-order chi connectivity index (χ1) is 40.4. The lowest BCUT2D eigenvalue weighted by atomic mass is 9.90. The van der Waals surface area contributed by atoms with Crippen molar-refractivity contribution < 1.29 is 63.3 Å². The van der Waals surface area contributed by atoms with E-state index in [-0.39, 0.29) is 80.9 Å². The fourth-order valence-corrected chi connectivity index (χ4v) is 11.4. The molecule has 8 amide bonds. The van der Waals surface area contributed by atoms with Crippen LogP contribution in [0.25, 0.3) is 0 Å². The Balaban J connectivity index is 1.58. The molecular formula is C58H74ClN11O13S2. The zero-order valence-electron chi connectivity index (χ0n) is 46.7. The molecule has 0 aliphatic carbocycles. The van der Waals surface area contributed by atoms with E-state index in [1.807, 2.05) is 0 Å². The number of carbonyl (C=O) groups excluding carboxylic acids is 10. The highest BCUT2D eigenvalue weighted by Gasteiger charge is 2.37. The summed E-state index contributed by atoms with van der Waals surface area (Å²) in [5.74, 6) is -10.1. The molecule has 4 aromatic carbocycles. The fourth-order valence-electron chi connectivity index (χ4n) is 8.94. The number of carbonyl (C=O) groups is 10. The summed E-state index contributed by atoms with van der Waals surface area (Å²) >= 11 is 6.09. The Morgan fingerprint density at radius 2 is 1.20 bits per heavy atom. The van der Waals surface area contributed by atoms with E-state index in [2.05, 4.69) is 31.9 Å². The Kier molecular flexibility index (Phi) is 27.1. The number of amides is 8. The van der Waals surface area contributed by atoms with Crippen molar-refractivity contribution in [3.05, 3.63) is 130 Å². The summed E-state index contributed by atoms with van der Waals surface area (Å²) in [6.45, 7) is 1.40. The van der Waals surface area contributed by atoms with E-state index in [9.17, 15) is 63.3 Å². The lowest BCUT2D eigenvalue weighted by Crippen LogP contribution is -2.62. The van der Waals surface area contributed by atoms with E-state index in [4.69, 9.17) is 40.3 Å². The van der Waals surface area contributed by atoms with E-state index in [0.717, 1.165) is 21.6 Å². The van der Waals surface area contributed by atoms with E-state index in [1.54, 1.807) is 60.7 Å². The number of rotatable bonds is 23. The minimum atomic E-state index is -1.77. The number of unbranched alkanes of at least 4 members (excludes halogenated alkanes) is 1. The zero-order valence-corrected chi connectivity index (χ0v) is 49.1. The molecule has 27 heteroatoms. The molecule has 458 valence electrons. The number of primary amides is 2. The largest absolute Gasteiger partial charge is 0.508 e. The Hall–Kier alpha value is -7.59. The topological polar surface area (TPSA) is 434 Å². The molecule has 0 unspecified atom stereocenters. The second kappa shape index (κ2) is 33.8. The summed E-state index contributed by atoms with van der Waals surface area (Å²) in [7, 11) is 1.95. The molecule has 1 heterocycles. The predicted molar refractivity (Wildman–Crippen MR) is 321 cm³/mol. The van der Waals surface area contributed by atoms with Gasteiger partial charge < -0.3 is 75.9 Å². The number of aliphatic hydroxyl groups is 1. The van der Waals surface area contributed by atoms with Crippen molar-refractivity contribution in [1.82, 2.24) is 31.9 Å². The maximum atomic E-state index is 14.9. The molecule has 1 fully saturated rings. The van der Waals surface area contributed by atoms with Crippen LogP contribution in [0.15, 0.2) is 97.1 Å². The molecule has 0 radical (unpaired) electrons. The molecule has 4 aromatic rings. The fraction of sp³-hybridized carbons (Fsp3) is 0.414. The van der Waals surface area contributed by atoms with E-state index >= 15 is 0 Å². The molecule has 1 aliphatic heterocycles. The lowest BCUT2D eigenvalue weighted by Gasteiger charge is -2.29. The second-order valence-corrected chi connectivity index (χ2v) is 23.8. The van der Waals surface area contributed by atoms with Crippen molar-refractivity contribution in [1.29, 1.82) is 0 Å². The van der Waals surface area contributed by atoms with Crippen molar-refractivity contribution in [2.75, 3.05) is 18.1 Å². The average molecular weight is 1230 g/mol. The second-order valence-electron chi connectivity index (χ2n) is 20.8. The van der Waals surface area contributed by atoms with Crippen LogP contribution in [0, 0.1) is 5.92 Å². The number of phenolic OH excluding ortho intramolecular Hbond substituents is 2. The van der Waals surface area contributed by atoms with E-state index < -0.39 is 126 Å². The number of hydrogen-bond donors (Lipinski definition) is 14. The molecule has 0 saturated carbocycles. The van der Waals surface area contributed by atoms with Gasteiger partial charge in [-0.3, -0.25) is 47.9 Å². The van der Waals surface area contributed by atoms with Gasteiger partial charge in [-0.2, -0.15) is 0 Å². The Bertz CT molecular complexity index is 2960. The van der Waals surface area contributed by atoms with Gasteiger partial charge in [0.05, 0.1) is 24.2 Å². The number of nitrogens with one attached hydrogen (secondary N) is 6. The molecule has 85 heavy (non-hydrogen) atoms. The average Bonchev–Trinajstić information content (AvgIpc) is 3.67. The maximum Gasteiger partial charge on any atom is 0.245 e. The highest BCUT2D eigenvalue weighted by Crippen LogP contribution is 2.26. The van der Waals surface area contributed by atoms with Gasteiger partial charge in [-0.15, -0.1) is 0 Å². The minimum Gasteiger partial charge on any atom is -0.508 e. The summed E-state index contributed by atoms with van der Waals surface area (Å²) < 4.78 is 0. The number of nitrogens with two attached hydrogens (primary N) is 5. The maximum absolute atomic E-state index is 14.9. The number of benzene rings is 4. The Morgan fingerprint density at radius 3 is 1.80 bits per heavy atom. The molecule has 1 saturated heterocycles. The molecule has 10 atom stereocenters. The molecular weight excluding hydrogens is 1160 g/mol. The first-order valence-electron chi connectivity index (χ1n) is 27.4. The van der Waals surface area contributed by atoms with Crippen LogP contribution in [0.5, 0.6) is 11.5 Å². The van der Waals surface area contributed by atoms with Crippen LogP contribution in [0.4, 0.5) is 0 Å². The smallest absolute Gasteiger partial charge is 0.245 e. The van der Waals surface area contributed by atoms with E-state index in [0.29, 0.717) is 39.3 Å². The lowest BCUT2D eigenvalue weighted by molar-refractivity contribution is -0.137. The quantitative estimate of drug-likeness (QED) is 0.0330. The standard InChI is InChI=1S/C58H74ClN11O13S2/c1-31(71)51-58(83)69-47(57(82)66-44(52(64)77)24-35-13-19-40(73)20-14-35)30-85-84-29-46(68-54(79)42(62)23-33-9-15-38(59)16-10-33)49(75)27-37(22-32-11-17-39(72)18-12-32)53(78)67-45(56(81)65-43(55(80)70-51)4-2-3-21-60)25-34-5-7-36(8-6-34)26-48(74)41(61)28-50(63)76/h5-20,31,37,41-47,51,71-73H,2-4,21-30,60-62H2,1H3,(H2,63,76)(H2,64,77)(H,65,81)(H,66,82)(H,67,78)(H,68,79)(H,69,83)(H,70,80)/t31-,37-,41+,42+,43+,44-,45-,46-,47+,51+/m1/s1. The van der Waals surface area contributed by atoms with Crippen molar-refractivity contribution in [2.24, 2.45) is 34.6 Å². The summed E-state index contributed by atoms with van der Waals surface area (Å²) in [5, 5.41) is 47.3. The summed E-state index contributed by atoms with van der Waals surface area (Å²) in [5.41, 5.74) is 31.7.